The average Bonchev–Trinajstić information content (AvgIpc) is 2.65. The van der Waals surface area contributed by atoms with Gasteiger partial charge in [-0.3, -0.25) is 4.68 Å². The van der Waals surface area contributed by atoms with Gasteiger partial charge in [-0.2, -0.15) is 5.10 Å². The number of rotatable bonds is 4. The Morgan fingerprint density at radius 3 is 2.59 bits per heavy atom. The standard InChI is InChI=1S/C13H17N3S/c1-10-7-13(16(2)15-10)17-9-12-6-4-3-5-11(12)8-14/h3-7H,8-9,14H2,1-2H3. The van der Waals surface area contributed by atoms with Gasteiger partial charge in [0.1, 0.15) is 0 Å². The fourth-order valence-corrected chi connectivity index (χ4v) is 2.84. The third-order valence-electron chi connectivity index (χ3n) is 2.67. The van der Waals surface area contributed by atoms with Gasteiger partial charge in [-0.1, -0.05) is 24.3 Å². The van der Waals surface area contributed by atoms with E-state index in [1.54, 1.807) is 11.8 Å². The Balaban J connectivity index is 2.09. The third kappa shape index (κ3) is 2.90. The number of hydrogen-bond donors (Lipinski definition) is 1. The molecule has 0 bridgehead atoms. The van der Waals surface area contributed by atoms with Crippen molar-refractivity contribution in [2.75, 3.05) is 0 Å². The van der Waals surface area contributed by atoms with Crippen molar-refractivity contribution in [3.05, 3.63) is 47.2 Å². The number of nitrogens with zero attached hydrogens (tertiary/aromatic N) is 2. The van der Waals surface area contributed by atoms with Gasteiger partial charge in [0.2, 0.25) is 0 Å². The molecule has 90 valence electrons. The molecule has 1 heterocycles. The van der Waals surface area contributed by atoms with E-state index in [-0.39, 0.29) is 0 Å². The highest BCUT2D eigenvalue weighted by molar-refractivity contribution is 7.98. The van der Waals surface area contributed by atoms with Gasteiger partial charge in [0.05, 0.1) is 10.7 Å². The summed E-state index contributed by atoms with van der Waals surface area (Å²) in [6.07, 6.45) is 0. The number of nitrogens with two attached hydrogens (primary N) is 1. The summed E-state index contributed by atoms with van der Waals surface area (Å²) >= 11 is 1.80. The molecule has 0 aliphatic carbocycles. The van der Waals surface area contributed by atoms with Crippen molar-refractivity contribution >= 4 is 11.8 Å². The first-order chi connectivity index (χ1) is 8.20. The van der Waals surface area contributed by atoms with Crippen molar-refractivity contribution in [3.63, 3.8) is 0 Å². The summed E-state index contributed by atoms with van der Waals surface area (Å²) in [6, 6.07) is 10.4. The minimum atomic E-state index is 0.598. The van der Waals surface area contributed by atoms with Crippen LogP contribution in [0.2, 0.25) is 0 Å². The van der Waals surface area contributed by atoms with E-state index in [1.165, 1.54) is 16.2 Å². The van der Waals surface area contributed by atoms with Gasteiger partial charge >= 0.3 is 0 Å². The second-order valence-corrected chi connectivity index (χ2v) is 5.00. The van der Waals surface area contributed by atoms with Gasteiger partial charge < -0.3 is 5.73 Å². The second-order valence-electron chi connectivity index (χ2n) is 4.01. The molecule has 0 amide bonds. The van der Waals surface area contributed by atoms with E-state index in [4.69, 9.17) is 5.73 Å². The van der Waals surface area contributed by atoms with Crippen LogP contribution in [0.1, 0.15) is 16.8 Å². The summed E-state index contributed by atoms with van der Waals surface area (Å²) in [5.41, 5.74) is 9.31. The summed E-state index contributed by atoms with van der Waals surface area (Å²) in [5, 5.41) is 5.53. The zero-order chi connectivity index (χ0) is 12.3. The Morgan fingerprint density at radius 1 is 1.29 bits per heavy atom. The lowest BCUT2D eigenvalue weighted by molar-refractivity contribution is 0.692. The zero-order valence-electron chi connectivity index (χ0n) is 10.2. The summed E-state index contributed by atoms with van der Waals surface area (Å²) < 4.78 is 1.92. The predicted octanol–water partition coefficient (Wildman–Crippen LogP) is 2.48. The molecule has 2 aromatic rings. The summed E-state index contributed by atoms with van der Waals surface area (Å²) in [6.45, 7) is 2.61. The number of benzene rings is 1. The van der Waals surface area contributed by atoms with Crippen LogP contribution in [0.15, 0.2) is 35.4 Å². The summed E-state index contributed by atoms with van der Waals surface area (Å²) in [5.74, 6) is 0.937. The van der Waals surface area contributed by atoms with Crippen LogP contribution < -0.4 is 5.73 Å². The topological polar surface area (TPSA) is 43.8 Å². The fourth-order valence-electron chi connectivity index (χ4n) is 1.77. The number of aromatic nitrogens is 2. The van der Waals surface area contributed by atoms with Crippen LogP contribution in [0.5, 0.6) is 0 Å². The highest BCUT2D eigenvalue weighted by Gasteiger charge is 2.05. The molecule has 0 spiro atoms. The van der Waals surface area contributed by atoms with Gasteiger partial charge in [0.15, 0.2) is 0 Å². The summed E-state index contributed by atoms with van der Waals surface area (Å²) in [7, 11) is 1.98. The summed E-state index contributed by atoms with van der Waals surface area (Å²) in [4.78, 5) is 0. The van der Waals surface area contributed by atoms with Crippen molar-refractivity contribution in [3.8, 4) is 0 Å². The van der Waals surface area contributed by atoms with Crippen LogP contribution in [0, 0.1) is 6.92 Å². The number of thioether (sulfide) groups is 1. The molecule has 17 heavy (non-hydrogen) atoms. The molecule has 1 aromatic carbocycles. The van der Waals surface area contributed by atoms with Gasteiger partial charge in [0.25, 0.3) is 0 Å². The molecule has 0 aliphatic heterocycles. The molecular weight excluding hydrogens is 230 g/mol. The fraction of sp³-hybridized carbons (Fsp3) is 0.308. The number of aryl methyl sites for hydroxylation is 2. The van der Waals surface area contributed by atoms with Crippen LogP contribution >= 0.6 is 11.8 Å². The van der Waals surface area contributed by atoms with E-state index >= 15 is 0 Å². The van der Waals surface area contributed by atoms with Crippen molar-refractivity contribution < 1.29 is 0 Å². The molecule has 0 unspecified atom stereocenters. The molecule has 0 saturated heterocycles. The third-order valence-corrected chi connectivity index (χ3v) is 3.81. The molecule has 4 heteroatoms. The lowest BCUT2D eigenvalue weighted by Gasteiger charge is -2.07. The average molecular weight is 247 g/mol. The van der Waals surface area contributed by atoms with E-state index in [0.717, 1.165) is 11.4 Å². The van der Waals surface area contributed by atoms with E-state index in [2.05, 4.69) is 29.4 Å². The molecule has 2 N–H and O–H groups in total. The van der Waals surface area contributed by atoms with Crippen LogP contribution in [0.3, 0.4) is 0 Å². The first kappa shape index (κ1) is 12.2. The molecule has 0 atom stereocenters. The van der Waals surface area contributed by atoms with Crippen LogP contribution in [-0.2, 0) is 19.3 Å². The molecule has 0 aliphatic rings. The maximum absolute atomic E-state index is 5.73. The Kier molecular flexibility index (Phi) is 3.86. The number of hydrogen-bond acceptors (Lipinski definition) is 3. The van der Waals surface area contributed by atoms with Crippen molar-refractivity contribution in [1.29, 1.82) is 0 Å². The van der Waals surface area contributed by atoms with E-state index in [0.29, 0.717) is 6.54 Å². The van der Waals surface area contributed by atoms with Crippen LogP contribution in [-0.4, -0.2) is 9.78 Å². The molecule has 0 fully saturated rings. The quantitative estimate of drug-likeness (QED) is 0.844. The van der Waals surface area contributed by atoms with Gasteiger partial charge in [0, 0.05) is 19.3 Å². The minimum absolute atomic E-state index is 0.598. The lowest BCUT2D eigenvalue weighted by Crippen LogP contribution is -2.00. The molecule has 2 rings (SSSR count). The van der Waals surface area contributed by atoms with Crippen molar-refractivity contribution in [2.24, 2.45) is 12.8 Å². The Hall–Kier alpha value is -1.26. The zero-order valence-corrected chi connectivity index (χ0v) is 11.0. The van der Waals surface area contributed by atoms with Crippen LogP contribution in [0.4, 0.5) is 0 Å². The Bertz CT molecular complexity index is 505. The first-order valence-electron chi connectivity index (χ1n) is 5.61. The predicted molar refractivity (Wildman–Crippen MR) is 71.8 cm³/mol. The monoisotopic (exact) mass is 247 g/mol. The maximum atomic E-state index is 5.73. The highest BCUT2D eigenvalue weighted by atomic mass is 32.2. The first-order valence-corrected chi connectivity index (χ1v) is 6.59. The van der Waals surface area contributed by atoms with Crippen LogP contribution in [0.25, 0.3) is 0 Å². The van der Waals surface area contributed by atoms with E-state index in [1.807, 2.05) is 24.7 Å². The highest BCUT2D eigenvalue weighted by Crippen LogP contribution is 2.24. The van der Waals surface area contributed by atoms with Crippen molar-refractivity contribution in [1.82, 2.24) is 9.78 Å². The molecule has 1 aromatic heterocycles. The molecule has 3 nitrogen and oxygen atoms in total. The van der Waals surface area contributed by atoms with Gasteiger partial charge in [-0.25, -0.2) is 0 Å². The smallest absolute Gasteiger partial charge is 0.0942 e. The largest absolute Gasteiger partial charge is 0.326 e. The molecule has 0 saturated carbocycles. The van der Waals surface area contributed by atoms with E-state index in [9.17, 15) is 0 Å². The normalized spacial score (nSPS) is 10.8. The van der Waals surface area contributed by atoms with Crippen molar-refractivity contribution in [2.45, 2.75) is 24.2 Å². The second kappa shape index (κ2) is 5.38. The maximum Gasteiger partial charge on any atom is 0.0942 e. The van der Waals surface area contributed by atoms with E-state index < -0.39 is 0 Å². The minimum Gasteiger partial charge on any atom is -0.326 e. The Morgan fingerprint density at radius 2 is 2.00 bits per heavy atom. The lowest BCUT2D eigenvalue weighted by atomic mass is 10.1. The van der Waals surface area contributed by atoms with Gasteiger partial charge in [-0.15, -0.1) is 11.8 Å². The molecule has 0 radical (unpaired) electrons. The van der Waals surface area contributed by atoms with Gasteiger partial charge in [-0.05, 0) is 24.1 Å². The SMILES string of the molecule is Cc1cc(SCc2ccccc2CN)n(C)n1. The Labute approximate surface area is 106 Å². The molecular formula is C13H17N3S.